The van der Waals surface area contributed by atoms with Crippen LogP contribution < -0.4 is 20.3 Å². The fourth-order valence-electron chi connectivity index (χ4n) is 3.95. The molecule has 0 fully saturated rings. The Labute approximate surface area is 257 Å². The monoisotopic (exact) mass is 732 g/mol. The van der Waals surface area contributed by atoms with Crippen LogP contribution >= 0.6 is 47.8 Å². The number of benzene rings is 3. The third-order valence-corrected chi connectivity index (χ3v) is 8.52. The van der Waals surface area contributed by atoms with Crippen molar-refractivity contribution >= 4 is 76.5 Å². The third-order valence-electron chi connectivity index (χ3n) is 5.88. The second-order valence-corrected chi connectivity index (χ2v) is 11.3. The number of hydrogen-bond donors (Lipinski definition) is 1. The summed E-state index contributed by atoms with van der Waals surface area (Å²) < 4.78 is 15.0. The summed E-state index contributed by atoms with van der Waals surface area (Å²) in [5.41, 5.74) is 2.68. The Kier molecular flexibility index (Phi) is 10.2. The van der Waals surface area contributed by atoms with E-state index in [1.807, 2.05) is 57.2 Å². The van der Waals surface area contributed by atoms with E-state index in [1.165, 1.54) is 4.68 Å². The zero-order valence-electron chi connectivity index (χ0n) is 22.1. The van der Waals surface area contributed by atoms with E-state index in [0.717, 1.165) is 22.1 Å². The highest BCUT2D eigenvalue weighted by Gasteiger charge is 2.19. The molecule has 0 saturated heterocycles. The summed E-state index contributed by atoms with van der Waals surface area (Å²) >= 11 is 10.6. The molecule has 1 aromatic heterocycles. The molecule has 208 valence electrons. The number of aromatic nitrogens is 2. The Morgan fingerprint density at radius 1 is 1.07 bits per heavy atom. The van der Waals surface area contributed by atoms with Gasteiger partial charge in [-0.1, -0.05) is 41.1 Å². The Morgan fingerprint density at radius 3 is 2.58 bits per heavy atom. The van der Waals surface area contributed by atoms with Gasteiger partial charge in [0.2, 0.25) is 0 Å². The molecule has 0 bridgehead atoms. The molecule has 0 aliphatic heterocycles. The highest BCUT2D eigenvalue weighted by Crippen LogP contribution is 2.42. The van der Waals surface area contributed by atoms with E-state index in [0.29, 0.717) is 55.8 Å². The van der Waals surface area contributed by atoms with Gasteiger partial charge in [0, 0.05) is 26.6 Å². The molecule has 0 aliphatic carbocycles. The van der Waals surface area contributed by atoms with Gasteiger partial charge < -0.3 is 14.8 Å². The first-order chi connectivity index (χ1) is 19.2. The lowest BCUT2D eigenvalue weighted by Crippen LogP contribution is -2.22. The summed E-state index contributed by atoms with van der Waals surface area (Å²) in [5, 5.41) is 7.85. The van der Waals surface area contributed by atoms with Crippen molar-refractivity contribution in [2.75, 3.05) is 18.5 Å². The lowest BCUT2D eigenvalue weighted by Gasteiger charge is -2.16. The van der Waals surface area contributed by atoms with Crippen LogP contribution in [0, 0.1) is 6.92 Å². The summed E-state index contributed by atoms with van der Waals surface area (Å²) in [6.07, 6.45) is 2.96. The van der Waals surface area contributed by atoms with Crippen LogP contribution in [0.4, 0.5) is 5.69 Å². The van der Waals surface area contributed by atoms with Crippen LogP contribution in [0.15, 0.2) is 71.8 Å². The minimum atomic E-state index is -0.302. The molecule has 0 saturated carbocycles. The van der Waals surface area contributed by atoms with Gasteiger partial charge in [0.1, 0.15) is 5.82 Å². The Balaban J connectivity index is 1.66. The normalized spacial score (nSPS) is 11.2. The Bertz CT molecular complexity index is 1650. The molecule has 0 radical (unpaired) electrons. The number of anilines is 1. The average molecular weight is 735 g/mol. The van der Waals surface area contributed by atoms with Crippen molar-refractivity contribution in [2.24, 2.45) is 5.10 Å². The first-order valence-corrected chi connectivity index (χ1v) is 15.0. The topological polar surface area (TPSA) is 94.8 Å². The molecular formula is C29H27Br3N4O4. The van der Waals surface area contributed by atoms with Crippen molar-refractivity contribution in [3.63, 3.8) is 0 Å². The van der Waals surface area contributed by atoms with Crippen molar-refractivity contribution in [3.8, 4) is 11.5 Å². The fourth-order valence-corrected chi connectivity index (χ4v) is 5.25. The van der Waals surface area contributed by atoms with Gasteiger partial charge in [0.05, 0.1) is 28.2 Å². The molecule has 4 rings (SSSR count). The largest absolute Gasteiger partial charge is 0.490 e. The zero-order chi connectivity index (χ0) is 28.8. The number of para-hydroxylation sites is 1. The predicted molar refractivity (Wildman–Crippen MR) is 169 cm³/mol. The van der Waals surface area contributed by atoms with Gasteiger partial charge in [-0.2, -0.15) is 9.78 Å². The summed E-state index contributed by atoms with van der Waals surface area (Å²) in [4.78, 5) is 30.6. The number of fused-ring (bicyclic) bond motifs is 1. The molecule has 0 atom stereocenters. The third kappa shape index (κ3) is 6.82. The summed E-state index contributed by atoms with van der Waals surface area (Å²) in [7, 11) is 0. The van der Waals surface area contributed by atoms with Crippen molar-refractivity contribution in [1.29, 1.82) is 0 Å². The molecule has 1 amide bonds. The maximum absolute atomic E-state index is 13.4. The molecule has 11 heteroatoms. The summed E-state index contributed by atoms with van der Waals surface area (Å²) in [6.45, 7) is 5.95. The van der Waals surface area contributed by atoms with E-state index in [4.69, 9.17) is 9.47 Å². The second kappa shape index (κ2) is 13.6. The zero-order valence-corrected chi connectivity index (χ0v) is 26.9. The first kappa shape index (κ1) is 30.0. The fraction of sp³-hybridized carbons (Fsp3) is 0.241. The van der Waals surface area contributed by atoms with E-state index in [9.17, 15) is 9.59 Å². The van der Waals surface area contributed by atoms with E-state index in [2.05, 4.69) is 63.2 Å². The van der Waals surface area contributed by atoms with Crippen LogP contribution in [0.5, 0.6) is 11.5 Å². The summed E-state index contributed by atoms with van der Waals surface area (Å²) in [5.74, 6) is 1.05. The van der Waals surface area contributed by atoms with E-state index < -0.39 is 0 Å². The Hall–Kier alpha value is -3.02. The molecular weight excluding hydrogens is 708 g/mol. The predicted octanol–water partition coefficient (Wildman–Crippen LogP) is 7.24. The van der Waals surface area contributed by atoms with Crippen LogP contribution in [-0.2, 0) is 11.2 Å². The van der Waals surface area contributed by atoms with E-state index in [-0.39, 0.29) is 18.1 Å². The molecule has 0 aliphatic rings. The lowest BCUT2D eigenvalue weighted by molar-refractivity contribution is -0.118. The van der Waals surface area contributed by atoms with Gasteiger partial charge >= 0.3 is 0 Å². The molecule has 3 aromatic carbocycles. The number of halogens is 3. The summed E-state index contributed by atoms with van der Waals surface area (Å²) in [6, 6.07) is 14.7. The Morgan fingerprint density at radius 2 is 1.85 bits per heavy atom. The van der Waals surface area contributed by atoms with Crippen molar-refractivity contribution < 1.29 is 14.3 Å². The number of ether oxygens (including phenoxy) is 2. The highest BCUT2D eigenvalue weighted by atomic mass is 79.9. The second-order valence-electron chi connectivity index (χ2n) is 8.81. The van der Waals surface area contributed by atoms with E-state index >= 15 is 0 Å². The number of carbonyl (C=O) groups excluding carboxylic acids is 1. The minimum absolute atomic E-state index is 0.221. The highest BCUT2D eigenvalue weighted by molar-refractivity contribution is 9.13. The smallest absolute Gasteiger partial charge is 0.282 e. The van der Waals surface area contributed by atoms with Gasteiger partial charge in [0.15, 0.2) is 18.1 Å². The molecule has 0 spiro atoms. The van der Waals surface area contributed by atoms with Crippen molar-refractivity contribution in [3.05, 3.63) is 89.3 Å². The maximum Gasteiger partial charge on any atom is 0.282 e. The quantitative estimate of drug-likeness (QED) is 0.174. The molecule has 8 nitrogen and oxygen atoms in total. The van der Waals surface area contributed by atoms with Crippen LogP contribution in [0.2, 0.25) is 0 Å². The van der Waals surface area contributed by atoms with Crippen LogP contribution in [0.3, 0.4) is 0 Å². The number of amides is 1. The molecule has 0 unspecified atom stereocenters. The molecule has 1 N–H and O–H groups in total. The number of carbonyl (C=O) groups is 1. The van der Waals surface area contributed by atoms with Gasteiger partial charge in [-0.15, -0.1) is 0 Å². The maximum atomic E-state index is 13.4. The SMILES string of the molecule is CCCc1nc2ccc(Br)cc2c(=O)n1N=Cc1cc(OCC)c(OCC(=O)Nc2ccccc2C)c(Br)c1Br. The first-order valence-electron chi connectivity index (χ1n) is 12.6. The standard InChI is InChI=1S/C29H27Br3N4O4/c1-4-8-24-34-22-12-11-19(30)14-20(22)29(38)36(24)33-15-18-13-23(39-5-2)28(27(32)26(18)31)40-16-25(37)35-21-10-7-6-9-17(21)3/h6-7,9-15H,4-5,8,16H2,1-3H3,(H,35,37). The number of nitrogens with zero attached hydrogens (tertiary/aromatic N) is 3. The molecule has 1 heterocycles. The van der Waals surface area contributed by atoms with Gasteiger partial charge in [-0.05, 0) is 88.0 Å². The van der Waals surface area contributed by atoms with Crippen LogP contribution in [0.1, 0.15) is 37.2 Å². The average Bonchev–Trinajstić information content (AvgIpc) is 2.93. The number of rotatable bonds is 10. The minimum Gasteiger partial charge on any atom is -0.490 e. The lowest BCUT2D eigenvalue weighted by atomic mass is 10.2. The van der Waals surface area contributed by atoms with Crippen molar-refractivity contribution in [1.82, 2.24) is 9.66 Å². The van der Waals surface area contributed by atoms with Gasteiger partial charge in [-0.3, -0.25) is 9.59 Å². The van der Waals surface area contributed by atoms with Crippen LogP contribution in [0.25, 0.3) is 10.9 Å². The number of aryl methyl sites for hydroxylation is 2. The van der Waals surface area contributed by atoms with E-state index in [1.54, 1.807) is 18.3 Å². The van der Waals surface area contributed by atoms with Crippen molar-refractivity contribution in [2.45, 2.75) is 33.6 Å². The number of hydrogen-bond acceptors (Lipinski definition) is 6. The van der Waals surface area contributed by atoms with Crippen LogP contribution in [-0.4, -0.2) is 35.0 Å². The number of nitrogens with one attached hydrogen (secondary N) is 1. The molecule has 4 aromatic rings. The molecule has 40 heavy (non-hydrogen) atoms. The van der Waals surface area contributed by atoms with Gasteiger partial charge in [-0.25, -0.2) is 4.98 Å². The van der Waals surface area contributed by atoms with Gasteiger partial charge in [0.25, 0.3) is 11.5 Å².